The van der Waals surface area contributed by atoms with Gasteiger partial charge in [-0.15, -0.1) is 11.3 Å². The molecule has 1 aromatic heterocycles. The van der Waals surface area contributed by atoms with E-state index in [-0.39, 0.29) is 18.0 Å². The monoisotopic (exact) mass is 342 g/mol. The Balaban J connectivity index is 1.68. The molecule has 0 spiro atoms. The molecule has 2 aliphatic heterocycles. The van der Waals surface area contributed by atoms with Crippen LogP contribution in [0.1, 0.15) is 35.3 Å². The fourth-order valence-electron chi connectivity index (χ4n) is 4.40. The lowest BCUT2D eigenvalue weighted by Crippen LogP contribution is -2.46. The number of carbonyl (C=O) groups is 2. The van der Waals surface area contributed by atoms with Crippen molar-refractivity contribution in [3.05, 3.63) is 52.5 Å². The van der Waals surface area contributed by atoms with Gasteiger partial charge in [0.2, 0.25) is 0 Å². The molecule has 1 amide bonds. The van der Waals surface area contributed by atoms with Crippen molar-refractivity contribution in [1.82, 2.24) is 9.88 Å². The van der Waals surface area contributed by atoms with Crippen LogP contribution < -0.4 is 0 Å². The number of hydrogen-bond acceptors (Lipinski definition) is 4. The maximum atomic E-state index is 12.8. The van der Waals surface area contributed by atoms with Crippen molar-refractivity contribution in [1.29, 1.82) is 0 Å². The maximum Gasteiger partial charge on any atom is 0.312 e. The largest absolute Gasteiger partial charge is 0.481 e. The summed E-state index contributed by atoms with van der Waals surface area (Å²) in [6.45, 7) is 0. The number of aliphatic carboxylic acids is 1. The van der Waals surface area contributed by atoms with Crippen molar-refractivity contribution in [2.45, 2.75) is 37.8 Å². The number of amides is 1. The summed E-state index contributed by atoms with van der Waals surface area (Å²) in [4.78, 5) is 30.9. The number of hydrogen-bond donors (Lipinski definition) is 1. The van der Waals surface area contributed by atoms with Gasteiger partial charge in [-0.2, -0.15) is 0 Å². The van der Waals surface area contributed by atoms with Crippen molar-refractivity contribution in [2.24, 2.45) is 5.41 Å². The Morgan fingerprint density at radius 3 is 2.75 bits per heavy atom. The van der Waals surface area contributed by atoms with E-state index in [2.05, 4.69) is 4.98 Å². The van der Waals surface area contributed by atoms with Crippen LogP contribution in [0, 0.1) is 5.41 Å². The van der Waals surface area contributed by atoms with Gasteiger partial charge in [0.15, 0.2) is 0 Å². The Labute approximate surface area is 143 Å². The average molecular weight is 342 g/mol. The predicted molar refractivity (Wildman–Crippen MR) is 89.9 cm³/mol. The minimum Gasteiger partial charge on any atom is -0.481 e. The molecule has 124 valence electrons. The molecule has 1 N–H and O–H groups in total. The number of fused-ring (bicyclic) bond motifs is 2. The summed E-state index contributed by atoms with van der Waals surface area (Å²) in [7, 11) is 0. The second kappa shape index (κ2) is 5.70. The first kappa shape index (κ1) is 15.3. The first-order valence-electron chi connectivity index (χ1n) is 8.10. The highest BCUT2D eigenvalue weighted by atomic mass is 32.1. The zero-order valence-electron chi connectivity index (χ0n) is 13.1. The fourth-order valence-corrected chi connectivity index (χ4v) is 4.92. The normalized spacial score (nSPS) is 28.2. The van der Waals surface area contributed by atoms with Crippen molar-refractivity contribution in [2.75, 3.05) is 0 Å². The van der Waals surface area contributed by atoms with E-state index in [0.29, 0.717) is 18.5 Å². The lowest BCUT2D eigenvalue weighted by molar-refractivity contribution is -0.150. The summed E-state index contributed by atoms with van der Waals surface area (Å²) in [5, 5.41) is 11.8. The Morgan fingerprint density at radius 1 is 1.29 bits per heavy atom. The number of aromatic nitrogens is 1. The molecule has 2 bridgehead atoms. The summed E-state index contributed by atoms with van der Waals surface area (Å²) < 4.78 is 0. The van der Waals surface area contributed by atoms with Crippen molar-refractivity contribution < 1.29 is 14.7 Å². The molecule has 0 aliphatic carbocycles. The van der Waals surface area contributed by atoms with E-state index in [0.717, 1.165) is 18.4 Å². The Kier molecular flexibility index (Phi) is 3.64. The van der Waals surface area contributed by atoms with Gasteiger partial charge >= 0.3 is 5.97 Å². The standard InChI is InChI=1S/C18H18N2O3S/c21-16(14-10-24-11-19-14)20-13-6-7-15(20)18(9-13,17(22)23)8-12-4-2-1-3-5-12/h1-5,10-11,13,15H,6-9H2,(H,22,23)/t13-,15+,18+/m0/s1. The zero-order valence-corrected chi connectivity index (χ0v) is 13.9. The van der Waals surface area contributed by atoms with Crippen molar-refractivity contribution in [3.63, 3.8) is 0 Å². The summed E-state index contributed by atoms with van der Waals surface area (Å²) in [6, 6.07) is 9.45. The van der Waals surface area contributed by atoms with Crippen molar-refractivity contribution >= 4 is 23.2 Å². The molecule has 2 aliphatic rings. The van der Waals surface area contributed by atoms with Crippen LogP contribution in [0.25, 0.3) is 0 Å². The first-order chi connectivity index (χ1) is 11.6. The van der Waals surface area contributed by atoms with E-state index < -0.39 is 11.4 Å². The fraction of sp³-hybridized carbons (Fsp3) is 0.389. The molecule has 4 rings (SSSR count). The SMILES string of the molecule is O=C(c1cscn1)N1[C@H]2CC[C@@H]1[C@](Cc1ccccc1)(C(=O)O)C2. The molecular weight excluding hydrogens is 324 g/mol. The average Bonchev–Trinajstić information content (AvgIpc) is 3.30. The van der Waals surface area contributed by atoms with Crippen LogP contribution in [0.3, 0.4) is 0 Å². The molecule has 24 heavy (non-hydrogen) atoms. The molecular formula is C18H18N2O3S. The van der Waals surface area contributed by atoms with E-state index >= 15 is 0 Å². The van der Waals surface area contributed by atoms with Gasteiger partial charge in [0.05, 0.1) is 10.9 Å². The highest BCUT2D eigenvalue weighted by molar-refractivity contribution is 7.07. The Hall–Kier alpha value is -2.21. The predicted octanol–water partition coefficient (Wildman–Crippen LogP) is 2.83. The molecule has 2 fully saturated rings. The highest BCUT2D eigenvalue weighted by Gasteiger charge is 2.61. The van der Waals surface area contributed by atoms with Crippen LogP contribution in [-0.4, -0.2) is 39.0 Å². The number of thiazole rings is 1. The molecule has 1 aromatic carbocycles. The molecule has 0 unspecified atom stereocenters. The van der Waals surface area contributed by atoms with E-state index in [1.165, 1.54) is 11.3 Å². The van der Waals surface area contributed by atoms with Gasteiger partial charge in [0.1, 0.15) is 5.69 Å². The topological polar surface area (TPSA) is 70.5 Å². The minimum atomic E-state index is -0.893. The Bertz CT molecular complexity index is 762. The third-order valence-electron chi connectivity index (χ3n) is 5.41. The Morgan fingerprint density at radius 2 is 2.08 bits per heavy atom. The lowest BCUT2D eigenvalue weighted by Gasteiger charge is -2.33. The van der Waals surface area contributed by atoms with E-state index in [4.69, 9.17) is 0 Å². The quantitative estimate of drug-likeness (QED) is 0.927. The smallest absolute Gasteiger partial charge is 0.312 e. The van der Waals surface area contributed by atoms with Crippen LogP contribution in [0.2, 0.25) is 0 Å². The van der Waals surface area contributed by atoms with Gasteiger partial charge in [0, 0.05) is 17.5 Å². The zero-order chi connectivity index (χ0) is 16.7. The summed E-state index contributed by atoms with van der Waals surface area (Å²) >= 11 is 1.38. The van der Waals surface area contributed by atoms with Crippen LogP contribution in [0.4, 0.5) is 0 Å². The number of carboxylic acid groups (broad SMARTS) is 1. The molecule has 2 aromatic rings. The van der Waals surface area contributed by atoms with E-state index in [1.807, 2.05) is 30.3 Å². The van der Waals surface area contributed by atoms with Gasteiger partial charge in [-0.25, -0.2) is 4.98 Å². The van der Waals surface area contributed by atoms with Gasteiger partial charge in [-0.05, 0) is 31.2 Å². The highest BCUT2D eigenvalue weighted by Crippen LogP contribution is 2.52. The third-order valence-corrected chi connectivity index (χ3v) is 6.00. The molecule has 3 atom stereocenters. The first-order valence-corrected chi connectivity index (χ1v) is 9.04. The molecule has 6 heteroatoms. The third kappa shape index (κ3) is 2.24. The number of rotatable bonds is 4. The van der Waals surface area contributed by atoms with Crippen molar-refractivity contribution in [3.8, 4) is 0 Å². The van der Waals surface area contributed by atoms with Gasteiger partial charge in [-0.1, -0.05) is 30.3 Å². The number of carboxylic acids is 1. The minimum absolute atomic E-state index is 0.00372. The number of benzene rings is 1. The van der Waals surface area contributed by atoms with E-state index in [9.17, 15) is 14.7 Å². The number of nitrogens with zero attached hydrogens (tertiary/aromatic N) is 2. The lowest BCUT2D eigenvalue weighted by atomic mass is 9.70. The van der Waals surface area contributed by atoms with Crippen LogP contribution in [0.15, 0.2) is 41.2 Å². The second-order valence-electron chi connectivity index (χ2n) is 6.66. The van der Waals surface area contributed by atoms with E-state index in [1.54, 1.807) is 15.8 Å². The summed E-state index contributed by atoms with van der Waals surface area (Å²) in [6.07, 6.45) is 2.62. The van der Waals surface area contributed by atoms with Crippen LogP contribution in [0.5, 0.6) is 0 Å². The van der Waals surface area contributed by atoms with Gasteiger partial charge in [0.25, 0.3) is 5.91 Å². The van der Waals surface area contributed by atoms with Gasteiger partial charge in [-0.3, -0.25) is 9.59 Å². The number of carbonyl (C=O) groups excluding carboxylic acids is 1. The molecule has 5 nitrogen and oxygen atoms in total. The summed E-state index contributed by atoms with van der Waals surface area (Å²) in [5.41, 5.74) is 2.18. The molecule has 0 saturated carbocycles. The van der Waals surface area contributed by atoms with Crippen LogP contribution in [-0.2, 0) is 11.2 Å². The maximum absolute atomic E-state index is 12.8. The van der Waals surface area contributed by atoms with Crippen LogP contribution >= 0.6 is 11.3 Å². The molecule has 2 saturated heterocycles. The second-order valence-corrected chi connectivity index (χ2v) is 7.38. The van der Waals surface area contributed by atoms with Gasteiger partial charge < -0.3 is 10.0 Å². The summed E-state index contributed by atoms with van der Waals surface area (Å²) in [5.74, 6) is -0.922. The molecule has 3 heterocycles. The molecule has 0 radical (unpaired) electrons.